The number of esters is 1. The zero-order valence-electron chi connectivity index (χ0n) is 14.8. The number of carbonyl (C=O) groups excluding carboxylic acids is 2. The number of anilines is 1. The van der Waals surface area contributed by atoms with Crippen molar-refractivity contribution in [2.24, 2.45) is 7.05 Å². The first-order valence-corrected chi connectivity index (χ1v) is 8.61. The predicted molar refractivity (Wildman–Crippen MR) is 104 cm³/mol. The molecule has 2 aromatic carbocycles. The molecule has 3 aromatic rings. The molecule has 3 rings (SSSR count). The molecule has 1 N–H and O–H groups in total. The number of ether oxygens (including phenoxy) is 1. The van der Waals surface area contributed by atoms with E-state index in [1.807, 2.05) is 18.2 Å². The molecule has 0 unspecified atom stereocenters. The molecule has 140 valence electrons. The number of rotatable bonds is 5. The highest BCUT2D eigenvalue weighted by Crippen LogP contribution is 2.23. The van der Waals surface area contributed by atoms with Gasteiger partial charge in [0.05, 0.1) is 22.9 Å². The Balaban J connectivity index is 1.59. The van der Waals surface area contributed by atoms with Crippen LogP contribution < -0.4 is 5.32 Å². The quantitative estimate of drug-likeness (QED) is 0.669. The average molecular weight is 395 g/mol. The van der Waals surface area contributed by atoms with Crippen LogP contribution in [0.25, 0.3) is 11.3 Å². The van der Waals surface area contributed by atoms with E-state index in [-0.39, 0.29) is 5.56 Å². The molecule has 0 spiro atoms. The average Bonchev–Trinajstić information content (AvgIpc) is 3.07. The fourth-order valence-corrected chi connectivity index (χ4v) is 2.55. The van der Waals surface area contributed by atoms with Crippen molar-refractivity contribution < 1.29 is 14.3 Å². The second-order valence-corrected chi connectivity index (χ2v) is 6.30. The van der Waals surface area contributed by atoms with Crippen molar-refractivity contribution in [2.45, 2.75) is 0 Å². The highest BCUT2D eigenvalue weighted by atomic mass is 35.5. The van der Waals surface area contributed by atoms with Crippen LogP contribution in [0, 0.1) is 11.3 Å². The smallest absolute Gasteiger partial charge is 0.338 e. The van der Waals surface area contributed by atoms with Gasteiger partial charge in [-0.3, -0.25) is 9.48 Å². The second-order valence-electron chi connectivity index (χ2n) is 5.86. The number of hydrogen-bond donors (Lipinski definition) is 1. The molecule has 0 bridgehead atoms. The van der Waals surface area contributed by atoms with Crippen LogP contribution in [-0.2, 0) is 16.6 Å². The van der Waals surface area contributed by atoms with Crippen LogP contribution in [0.15, 0.2) is 54.6 Å². The summed E-state index contributed by atoms with van der Waals surface area (Å²) in [6.07, 6.45) is 0. The Morgan fingerprint density at radius 1 is 1.18 bits per heavy atom. The number of nitrogens with one attached hydrogen (secondary N) is 1. The molecule has 1 amide bonds. The minimum atomic E-state index is -0.647. The van der Waals surface area contributed by atoms with Crippen molar-refractivity contribution in [3.05, 3.63) is 70.7 Å². The molecule has 0 aliphatic rings. The molecule has 0 saturated carbocycles. The third-order valence-corrected chi connectivity index (χ3v) is 4.12. The summed E-state index contributed by atoms with van der Waals surface area (Å²) >= 11 is 5.89. The van der Waals surface area contributed by atoms with E-state index in [1.54, 1.807) is 25.2 Å². The molecule has 0 aliphatic heterocycles. The number of halogens is 1. The molecule has 8 heteroatoms. The van der Waals surface area contributed by atoms with Gasteiger partial charge in [-0.25, -0.2) is 4.79 Å². The SMILES string of the molecule is Cn1nc(-c2ccc(Cl)cc2)cc1NC(=O)COC(=O)c1ccc(C#N)cc1. The van der Waals surface area contributed by atoms with Gasteiger partial charge in [0.1, 0.15) is 5.82 Å². The fourth-order valence-electron chi connectivity index (χ4n) is 2.42. The van der Waals surface area contributed by atoms with Gasteiger partial charge in [0.15, 0.2) is 6.61 Å². The summed E-state index contributed by atoms with van der Waals surface area (Å²) in [4.78, 5) is 24.1. The van der Waals surface area contributed by atoms with Crippen molar-refractivity contribution >= 4 is 29.3 Å². The van der Waals surface area contributed by atoms with E-state index in [4.69, 9.17) is 21.6 Å². The topological polar surface area (TPSA) is 97.0 Å². The Morgan fingerprint density at radius 2 is 1.86 bits per heavy atom. The zero-order chi connectivity index (χ0) is 20.1. The maximum absolute atomic E-state index is 12.1. The number of nitrogens with zero attached hydrogens (tertiary/aromatic N) is 3. The lowest BCUT2D eigenvalue weighted by molar-refractivity contribution is -0.119. The predicted octanol–water partition coefficient (Wildman–Crippen LogP) is 3.41. The maximum Gasteiger partial charge on any atom is 0.338 e. The van der Waals surface area contributed by atoms with Gasteiger partial charge in [0.25, 0.3) is 5.91 Å². The summed E-state index contributed by atoms with van der Waals surface area (Å²) in [5.41, 5.74) is 2.22. The zero-order valence-corrected chi connectivity index (χ0v) is 15.6. The fraction of sp³-hybridized carbons (Fsp3) is 0.100. The van der Waals surface area contributed by atoms with E-state index >= 15 is 0 Å². The number of carbonyl (C=O) groups is 2. The third-order valence-electron chi connectivity index (χ3n) is 3.87. The van der Waals surface area contributed by atoms with Crippen molar-refractivity contribution in [3.63, 3.8) is 0 Å². The van der Waals surface area contributed by atoms with Gasteiger partial charge in [0.2, 0.25) is 0 Å². The molecular weight excluding hydrogens is 380 g/mol. The van der Waals surface area contributed by atoms with Crippen LogP contribution in [0.1, 0.15) is 15.9 Å². The Bertz CT molecular complexity index is 1050. The molecule has 1 aromatic heterocycles. The van der Waals surface area contributed by atoms with Crippen molar-refractivity contribution in [1.29, 1.82) is 5.26 Å². The normalized spacial score (nSPS) is 10.2. The summed E-state index contributed by atoms with van der Waals surface area (Å²) in [5, 5.41) is 16.4. The Kier molecular flexibility index (Phi) is 5.72. The Labute approximate surface area is 166 Å². The molecule has 0 fully saturated rings. The molecule has 0 radical (unpaired) electrons. The number of nitriles is 1. The molecular formula is C20H15ClN4O3. The van der Waals surface area contributed by atoms with E-state index in [0.29, 0.717) is 22.1 Å². The van der Waals surface area contributed by atoms with E-state index in [9.17, 15) is 9.59 Å². The van der Waals surface area contributed by atoms with Gasteiger partial charge in [0, 0.05) is 23.7 Å². The lowest BCUT2D eigenvalue weighted by Gasteiger charge is -2.06. The molecule has 0 saturated heterocycles. The van der Waals surface area contributed by atoms with Crippen LogP contribution in [0.2, 0.25) is 5.02 Å². The van der Waals surface area contributed by atoms with E-state index in [2.05, 4.69) is 10.4 Å². The molecule has 0 atom stereocenters. The van der Waals surface area contributed by atoms with Gasteiger partial charge in [-0.05, 0) is 36.4 Å². The summed E-state index contributed by atoms with van der Waals surface area (Å²) in [6.45, 7) is -0.444. The number of aromatic nitrogens is 2. The lowest BCUT2D eigenvalue weighted by Crippen LogP contribution is -2.22. The Hall–Kier alpha value is -3.63. The monoisotopic (exact) mass is 394 g/mol. The van der Waals surface area contributed by atoms with Gasteiger partial charge < -0.3 is 10.1 Å². The minimum absolute atomic E-state index is 0.261. The van der Waals surface area contributed by atoms with Crippen molar-refractivity contribution in [2.75, 3.05) is 11.9 Å². The van der Waals surface area contributed by atoms with Crippen LogP contribution >= 0.6 is 11.6 Å². The first kappa shape index (κ1) is 19.1. The van der Waals surface area contributed by atoms with Gasteiger partial charge >= 0.3 is 5.97 Å². The lowest BCUT2D eigenvalue weighted by atomic mass is 10.1. The first-order valence-electron chi connectivity index (χ1n) is 8.23. The maximum atomic E-state index is 12.1. The Morgan fingerprint density at radius 3 is 2.50 bits per heavy atom. The van der Waals surface area contributed by atoms with E-state index in [1.165, 1.54) is 28.9 Å². The number of aryl methyl sites for hydroxylation is 1. The number of amides is 1. The van der Waals surface area contributed by atoms with Gasteiger partial charge in [-0.15, -0.1) is 0 Å². The van der Waals surface area contributed by atoms with Crippen LogP contribution in [-0.4, -0.2) is 28.3 Å². The third kappa shape index (κ3) is 4.55. The van der Waals surface area contributed by atoms with Gasteiger partial charge in [-0.2, -0.15) is 10.4 Å². The van der Waals surface area contributed by atoms with E-state index < -0.39 is 18.5 Å². The first-order chi connectivity index (χ1) is 13.5. The standard InChI is InChI=1S/C20H15ClN4O3/c1-25-18(10-17(24-25)14-6-8-16(21)9-7-14)23-19(26)12-28-20(27)15-4-2-13(11-22)3-5-15/h2-10H,12H2,1H3,(H,23,26). The minimum Gasteiger partial charge on any atom is -0.452 e. The largest absolute Gasteiger partial charge is 0.452 e. The van der Waals surface area contributed by atoms with Gasteiger partial charge in [-0.1, -0.05) is 23.7 Å². The van der Waals surface area contributed by atoms with Crippen molar-refractivity contribution in [3.8, 4) is 17.3 Å². The highest BCUT2D eigenvalue weighted by molar-refractivity contribution is 6.30. The molecule has 0 aliphatic carbocycles. The summed E-state index contributed by atoms with van der Waals surface area (Å²) in [6, 6.07) is 16.8. The summed E-state index contributed by atoms with van der Waals surface area (Å²) < 4.78 is 6.52. The molecule has 7 nitrogen and oxygen atoms in total. The summed E-state index contributed by atoms with van der Waals surface area (Å²) in [7, 11) is 1.69. The van der Waals surface area contributed by atoms with E-state index in [0.717, 1.165) is 5.56 Å². The van der Waals surface area contributed by atoms with Crippen LogP contribution in [0.3, 0.4) is 0 Å². The van der Waals surface area contributed by atoms with Crippen LogP contribution in [0.5, 0.6) is 0 Å². The molecule has 28 heavy (non-hydrogen) atoms. The second kappa shape index (κ2) is 8.37. The number of benzene rings is 2. The van der Waals surface area contributed by atoms with Crippen molar-refractivity contribution in [1.82, 2.24) is 9.78 Å². The van der Waals surface area contributed by atoms with Crippen LogP contribution in [0.4, 0.5) is 5.82 Å². The highest BCUT2D eigenvalue weighted by Gasteiger charge is 2.13. The number of hydrogen-bond acceptors (Lipinski definition) is 5. The summed E-state index contributed by atoms with van der Waals surface area (Å²) in [5.74, 6) is -0.677. The molecule has 1 heterocycles.